The minimum atomic E-state index is -5.36. The fourth-order valence-corrected chi connectivity index (χ4v) is 3.23. The molecule has 0 aromatic carbocycles. The Kier molecular flexibility index (Phi) is 6.34. The molecule has 2 aromatic rings. The van der Waals surface area contributed by atoms with Crippen LogP contribution >= 0.6 is 0 Å². The molecule has 0 amide bonds. The summed E-state index contributed by atoms with van der Waals surface area (Å²) >= 11 is 0. The molecule has 0 aliphatic heterocycles. The number of esters is 2. The lowest BCUT2D eigenvalue weighted by atomic mass is 9.90. The Bertz CT molecular complexity index is 984. The Morgan fingerprint density at radius 1 is 1.16 bits per heavy atom. The zero-order valence-electron chi connectivity index (χ0n) is 15.8. The minimum Gasteiger partial charge on any atom is -0.381 e. The third kappa shape index (κ3) is 5.40. The van der Waals surface area contributed by atoms with E-state index in [9.17, 15) is 35.9 Å². The van der Waals surface area contributed by atoms with Crippen molar-refractivity contribution >= 4 is 11.9 Å². The van der Waals surface area contributed by atoms with Crippen LogP contribution in [-0.4, -0.2) is 52.1 Å². The number of halogens is 6. The number of hydrogen-bond donors (Lipinski definition) is 1. The number of pyridine rings is 1. The molecule has 2 aromatic heterocycles. The quantitative estimate of drug-likeness (QED) is 0.315. The average Bonchev–Trinajstić information content (AvgIpc) is 3.05. The summed E-state index contributed by atoms with van der Waals surface area (Å²) in [5.41, 5.74) is 1.75. The maximum absolute atomic E-state index is 12.5. The van der Waals surface area contributed by atoms with Gasteiger partial charge in [-0.2, -0.15) is 31.4 Å². The molecule has 7 nitrogen and oxygen atoms in total. The molecule has 0 saturated carbocycles. The van der Waals surface area contributed by atoms with E-state index in [4.69, 9.17) is 0 Å². The van der Waals surface area contributed by atoms with Crippen LogP contribution in [0.4, 0.5) is 26.3 Å². The van der Waals surface area contributed by atoms with Gasteiger partial charge in [0.2, 0.25) is 0 Å². The van der Waals surface area contributed by atoms with Crippen molar-refractivity contribution in [2.24, 2.45) is 0 Å². The molecular formula is C18H16F6N4O3. The summed E-state index contributed by atoms with van der Waals surface area (Å²) in [7, 11) is 0. The van der Waals surface area contributed by atoms with Gasteiger partial charge in [-0.25, -0.2) is 9.59 Å². The second kappa shape index (κ2) is 8.65. The van der Waals surface area contributed by atoms with E-state index < -0.39 is 30.8 Å². The van der Waals surface area contributed by atoms with Crippen molar-refractivity contribution in [2.75, 3.05) is 13.1 Å². The van der Waals surface area contributed by atoms with Crippen molar-refractivity contribution in [3.63, 3.8) is 0 Å². The van der Waals surface area contributed by atoms with Crippen LogP contribution in [0.15, 0.2) is 18.5 Å². The van der Waals surface area contributed by atoms with E-state index >= 15 is 0 Å². The number of aryl methyl sites for hydroxylation is 2. The molecule has 0 unspecified atom stereocenters. The van der Waals surface area contributed by atoms with Crippen LogP contribution in [0.25, 0.3) is 11.3 Å². The van der Waals surface area contributed by atoms with Gasteiger partial charge in [-0.3, -0.25) is 9.67 Å². The molecular weight excluding hydrogens is 434 g/mol. The predicted octanol–water partition coefficient (Wildman–Crippen LogP) is 2.83. The van der Waals surface area contributed by atoms with Gasteiger partial charge in [0.15, 0.2) is 5.69 Å². The van der Waals surface area contributed by atoms with E-state index in [1.54, 1.807) is 12.3 Å². The summed E-state index contributed by atoms with van der Waals surface area (Å²) in [5.74, 6) is -4.18. The number of ether oxygens (including phenoxy) is 1. The van der Waals surface area contributed by atoms with Gasteiger partial charge in [0.25, 0.3) is 0 Å². The highest BCUT2D eigenvalue weighted by molar-refractivity contribution is 5.99. The number of alkyl halides is 6. The summed E-state index contributed by atoms with van der Waals surface area (Å²) in [6.07, 6.45) is -5.90. The number of hydrogen-bond acceptors (Lipinski definition) is 6. The van der Waals surface area contributed by atoms with Crippen molar-refractivity contribution in [3.05, 3.63) is 35.3 Å². The molecule has 0 spiro atoms. The van der Waals surface area contributed by atoms with Crippen molar-refractivity contribution in [1.82, 2.24) is 20.1 Å². The molecule has 0 saturated heterocycles. The van der Waals surface area contributed by atoms with E-state index in [-0.39, 0.29) is 31.6 Å². The topological polar surface area (TPSA) is 86.1 Å². The van der Waals surface area contributed by atoms with Crippen LogP contribution in [0.5, 0.6) is 0 Å². The molecule has 1 aliphatic carbocycles. The van der Waals surface area contributed by atoms with E-state index in [1.807, 2.05) is 0 Å². The maximum atomic E-state index is 12.5. The summed E-state index contributed by atoms with van der Waals surface area (Å²) in [5, 5.41) is 6.45. The molecule has 0 atom stereocenters. The Hall–Kier alpha value is -2.96. The predicted molar refractivity (Wildman–Crippen MR) is 92.9 cm³/mol. The van der Waals surface area contributed by atoms with E-state index in [1.165, 1.54) is 6.20 Å². The molecule has 0 bridgehead atoms. The third-order valence-corrected chi connectivity index (χ3v) is 4.51. The SMILES string of the molecule is O=C(OC(=O)C(F)(F)F)c1c2c(nn1CCCNCC(F)(F)F)-c1ccncc1CC2. The highest BCUT2D eigenvalue weighted by Gasteiger charge is 2.43. The van der Waals surface area contributed by atoms with Gasteiger partial charge in [0.1, 0.15) is 0 Å². The molecule has 0 fully saturated rings. The van der Waals surface area contributed by atoms with Crippen LogP contribution in [0.2, 0.25) is 0 Å². The first-order chi connectivity index (χ1) is 14.5. The molecule has 1 N–H and O–H groups in total. The zero-order chi connectivity index (χ0) is 22.8. The molecule has 0 radical (unpaired) electrons. The highest BCUT2D eigenvalue weighted by Crippen LogP contribution is 2.34. The number of carbonyl (C=O) groups excluding carboxylic acids is 2. The Morgan fingerprint density at radius 2 is 1.90 bits per heavy atom. The van der Waals surface area contributed by atoms with Gasteiger partial charge >= 0.3 is 24.3 Å². The van der Waals surface area contributed by atoms with Crippen LogP contribution < -0.4 is 5.32 Å². The second-order valence-electron chi connectivity index (χ2n) is 6.75. The number of rotatable bonds is 6. The van der Waals surface area contributed by atoms with Gasteiger partial charge in [0, 0.05) is 30.1 Å². The van der Waals surface area contributed by atoms with Gasteiger partial charge in [-0.1, -0.05) is 0 Å². The fraction of sp³-hybridized carbons (Fsp3) is 0.444. The maximum Gasteiger partial charge on any atom is 0.491 e. The van der Waals surface area contributed by atoms with Crippen molar-refractivity contribution in [3.8, 4) is 11.3 Å². The first-order valence-electron chi connectivity index (χ1n) is 9.11. The largest absolute Gasteiger partial charge is 0.491 e. The van der Waals surface area contributed by atoms with Crippen LogP contribution in [-0.2, 0) is 28.9 Å². The average molecular weight is 450 g/mol. The summed E-state index contributed by atoms with van der Waals surface area (Å²) < 4.78 is 79.3. The summed E-state index contributed by atoms with van der Waals surface area (Å²) in [4.78, 5) is 27.5. The summed E-state index contributed by atoms with van der Waals surface area (Å²) in [6, 6.07) is 1.63. The van der Waals surface area contributed by atoms with Crippen molar-refractivity contribution in [1.29, 1.82) is 0 Å². The van der Waals surface area contributed by atoms with Crippen LogP contribution in [0.3, 0.4) is 0 Å². The number of carbonyl (C=O) groups is 2. The number of aromatic nitrogens is 3. The number of nitrogens with one attached hydrogen (secondary N) is 1. The standard InChI is InChI=1S/C18H16F6N4O3/c19-17(20,21)9-26-5-1-7-28-14(15(29)31-16(30)18(22,23)24)12-3-2-10-8-25-6-4-11(10)13(12)27-28/h4,6,8,26H,1-3,5,7,9H2. The van der Waals surface area contributed by atoms with E-state index in [0.717, 1.165) is 10.2 Å². The highest BCUT2D eigenvalue weighted by atomic mass is 19.4. The lowest BCUT2D eigenvalue weighted by Gasteiger charge is -2.15. The molecule has 31 heavy (non-hydrogen) atoms. The molecule has 3 rings (SSSR count). The lowest BCUT2D eigenvalue weighted by Crippen LogP contribution is -2.31. The van der Waals surface area contributed by atoms with Crippen molar-refractivity contribution < 1.29 is 40.7 Å². The van der Waals surface area contributed by atoms with Gasteiger partial charge in [0.05, 0.1) is 12.2 Å². The first kappa shape index (κ1) is 22.7. The third-order valence-electron chi connectivity index (χ3n) is 4.51. The smallest absolute Gasteiger partial charge is 0.381 e. The Labute approximate surface area is 171 Å². The fourth-order valence-electron chi connectivity index (χ4n) is 3.23. The van der Waals surface area contributed by atoms with E-state index in [0.29, 0.717) is 23.2 Å². The number of fused-ring (bicyclic) bond motifs is 3. The Morgan fingerprint density at radius 3 is 2.58 bits per heavy atom. The monoisotopic (exact) mass is 450 g/mol. The van der Waals surface area contributed by atoms with Crippen LogP contribution in [0.1, 0.15) is 28.0 Å². The summed E-state index contributed by atoms with van der Waals surface area (Å²) in [6.45, 7) is -1.37. The molecule has 2 heterocycles. The van der Waals surface area contributed by atoms with Gasteiger partial charge in [-0.15, -0.1) is 0 Å². The van der Waals surface area contributed by atoms with Gasteiger partial charge in [-0.05, 0) is 37.4 Å². The van der Waals surface area contributed by atoms with Crippen molar-refractivity contribution in [2.45, 2.75) is 38.2 Å². The van der Waals surface area contributed by atoms with Crippen LogP contribution in [0, 0.1) is 0 Å². The zero-order valence-corrected chi connectivity index (χ0v) is 15.8. The van der Waals surface area contributed by atoms with Gasteiger partial charge < -0.3 is 10.1 Å². The first-order valence-corrected chi connectivity index (χ1v) is 9.11. The van der Waals surface area contributed by atoms with E-state index in [2.05, 4.69) is 20.1 Å². The normalized spacial score (nSPS) is 13.5. The molecule has 1 aliphatic rings. The minimum absolute atomic E-state index is 0.0804. The Balaban J connectivity index is 1.86. The molecule has 168 valence electrons. The number of nitrogens with zero attached hydrogens (tertiary/aromatic N) is 3. The molecule has 13 heteroatoms. The lowest BCUT2D eigenvalue weighted by molar-refractivity contribution is -0.193. The second-order valence-corrected chi connectivity index (χ2v) is 6.75.